The van der Waals surface area contributed by atoms with Crippen LogP contribution in [0.3, 0.4) is 0 Å². The molecule has 0 bridgehead atoms. The number of amides is 2. The van der Waals surface area contributed by atoms with Crippen LogP contribution in [0.1, 0.15) is 41.5 Å². The molecule has 2 aromatic carbocycles. The minimum Gasteiger partial charge on any atom is -0.465 e. The van der Waals surface area contributed by atoms with E-state index in [1.165, 1.54) is 10.5 Å². The number of carbonyl (C=O) groups is 2. The Hall–Kier alpha value is -4.28. The average molecular weight is 541 g/mol. The standard InChI is InChI=1S/C30H32N6O4/c37-29(32-24-10-12-31-13-11-24)28-25-19-23(8-9-26(25)36(33-28)27-3-1-2-18-40-27)22-6-4-21(5-7-22)20-34-14-16-35(17-15-34)30(38)39/h4-13,19,27H,1-3,14-18,20H2,(H,38,39)(H,31,32,37). The van der Waals surface area contributed by atoms with Gasteiger partial charge in [0.15, 0.2) is 11.9 Å². The zero-order valence-electron chi connectivity index (χ0n) is 22.2. The van der Waals surface area contributed by atoms with Crippen LogP contribution in [0.15, 0.2) is 67.0 Å². The first-order valence-corrected chi connectivity index (χ1v) is 13.7. The van der Waals surface area contributed by atoms with E-state index in [1.807, 2.05) is 16.8 Å². The maximum atomic E-state index is 13.4. The largest absolute Gasteiger partial charge is 0.465 e. The highest BCUT2D eigenvalue weighted by molar-refractivity contribution is 6.11. The normalized spacial score (nSPS) is 18.1. The Balaban J connectivity index is 1.26. The van der Waals surface area contributed by atoms with Gasteiger partial charge in [0, 0.05) is 62.8 Å². The van der Waals surface area contributed by atoms with Crippen LogP contribution in [0.2, 0.25) is 0 Å². The van der Waals surface area contributed by atoms with Crippen molar-refractivity contribution in [2.24, 2.45) is 0 Å². The Bertz CT molecular complexity index is 1490. The van der Waals surface area contributed by atoms with E-state index in [0.717, 1.165) is 60.9 Å². The number of aromatic nitrogens is 3. The van der Waals surface area contributed by atoms with Crippen molar-refractivity contribution in [3.63, 3.8) is 0 Å². The lowest BCUT2D eigenvalue weighted by atomic mass is 10.0. The second-order valence-electron chi connectivity index (χ2n) is 10.3. The number of nitrogens with one attached hydrogen (secondary N) is 1. The van der Waals surface area contributed by atoms with Crippen molar-refractivity contribution in [1.82, 2.24) is 24.6 Å². The molecule has 0 aliphatic carbocycles. The number of hydrogen-bond acceptors (Lipinski definition) is 6. The molecule has 2 aromatic heterocycles. The van der Waals surface area contributed by atoms with Gasteiger partial charge >= 0.3 is 6.09 Å². The van der Waals surface area contributed by atoms with Crippen LogP contribution in [0.4, 0.5) is 10.5 Å². The quantitative estimate of drug-likeness (QED) is 0.360. The SMILES string of the molecule is O=C(Nc1ccncc1)c1nn(C2CCCCO2)c2ccc(-c3ccc(CN4CCN(C(=O)O)CC4)cc3)cc12. The molecule has 10 nitrogen and oxygen atoms in total. The van der Waals surface area contributed by atoms with Crippen LogP contribution in [-0.2, 0) is 11.3 Å². The minimum atomic E-state index is -0.851. The number of rotatable bonds is 6. The summed E-state index contributed by atoms with van der Waals surface area (Å²) >= 11 is 0. The fraction of sp³-hybridized carbons (Fsp3) is 0.333. The van der Waals surface area contributed by atoms with Crippen LogP contribution in [0.5, 0.6) is 0 Å². The Morgan fingerprint density at radius 3 is 2.40 bits per heavy atom. The monoisotopic (exact) mass is 540 g/mol. The van der Waals surface area contributed by atoms with Crippen LogP contribution in [0.25, 0.3) is 22.0 Å². The number of anilines is 1. The molecule has 10 heteroatoms. The third-order valence-corrected chi connectivity index (χ3v) is 7.62. The predicted molar refractivity (Wildman–Crippen MR) is 151 cm³/mol. The first-order valence-electron chi connectivity index (χ1n) is 13.7. The molecule has 1 atom stereocenters. The molecular formula is C30H32N6O4. The molecule has 0 saturated carbocycles. The van der Waals surface area contributed by atoms with E-state index in [1.54, 1.807) is 24.5 Å². The molecule has 2 aliphatic heterocycles. The summed E-state index contributed by atoms with van der Waals surface area (Å²) < 4.78 is 7.87. The Kier molecular flexibility index (Phi) is 7.43. The number of benzene rings is 2. The Morgan fingerprint density at radius 1 is 0.950 bits per heavy atom. The van der Waals surface area contributed by atoms with Crippen LogP contribution >= 0.6 is 0 Å². The molecule has 6 rings (SSSR count). The maximum Gasteiger partial charge on any atom is 0.407 e. The first-order chi connectivity index (χ1) is 19.5. The minimum absolute atomic E-state index is 0.193. The van der Waals surface area contributed by atoms with Gasteiger partial charge in [-0.3, -0.25) is 14.7 Å². The van der Waals surface area contributed by atoms with Crippen LogP contribution in [-0.4, -0.2) is 74.5 Å². The summed E-state index contributed by atoms with van der Waals surface area (Å²) in [5.41, 5.74) is 5.10. The number of piperazine rings is 1. The fourth-order valence-corrected chi connectivity index (χ4v) is 5.41. The molecule has 0 spiro atoms. The molecule has 2 amide bonds. The molecule has 40 heavy (non-hydrogen) atoms. The molecule has 2 saturated heterocycles. The topological polar surface area (TPSA) is 113 Å². The third kappa shape index (κ3) is 5.54. The van der Waals surface area contributed by atoms with E-state index in [0.29, 0.717) is 31.1 Å². The molecular weight excluding hydrogens is 508 g/mol. The number of nitrogens with zero attached hydrogens (tertiary/aromatic N) is 5. The third-order valence-electron chi connectivity index (χ3n) is 7.62. The second-order valence-corrected chi connectivity index (χ2v) is 10.3. The zero-order valence-corrected chi connectivity index (χ0v) is 22.2. The van der Waals surface area contributed by atoms with Gasteiger partial charge in [-0.2, -0.15) is 5.10 Å². The van der Waals surface area contributed by atoms with Gasteiger partial charge < -0.3 is 20.1 Å². The van der Waals surface area contributed by atoms with Crippen molar-refractivity contribution in [3.05, 3.63) is 78.2 Å². The molecule has 4 heterocycles. The van der Waals surface area contributed by atoms with Crippen LogP contribution in [0, 0.1) is 0 Å². The summed E-state index contributed by atoms with van der Waals surface area (Å²) in [5, 5.41) is 17.7. The van der Waals surface area contributed by atoms with Gasteiger partial charge in [0.25, 0.3) is 5.91 Å². The van der Waals surface area contributed by atoms with Crippen molar-refractivity contribution >= 4 is 28.6 Å². The number of pyridine rings is 1. The fourth-order valence-electron chi connectivity index (χ4n) is 5.41. The average Bonchev–Trinajstić information content (AvgIpc) is 3.38. The lowest BCUT2D eigenvalue weighted by Crippen LogP contribution is -2.47. The summed E-state index contributed by atoms with van der Waals surface area (Å²) in [5.74, 6) is -0.277. The molecule has 0 radical (unpaired) electrons. The van der Waals surface area contributed by atoms with E-state index in [4.69, 9.17) is 9.84 Å². The van der Waals surface area contributed by atoms with Crippen molar-refractivity contribution in [1.29, 1.82) is 0 Å². The van der Waals surface area contributed by atoms with E-state index in [-0.39, 0.29) is 12.1 Å². The van der Waals surface area contributed by atoms with Gasteiger partial charge in [-0.05, 0) is 60.2 Å². The van der Waals surface area contributed by atoms with E-state index >= 15 is 0 Å². The highest BCUT2D eigenvalue weighted by atomic mass is 16.5. The van der Waals surface area contributed by atoms with Crippen LogP contribution < -0.4 is 5.32 Å². The number of hydrogen-bond donors (Lipinski definition) is 2. The highest BCUT2D eigenvalue weighted by Gasteiger charge is 2.25. The van der Waals surface area contributed by atoms with Crippen molar-refractivity contribution < 1.29 is 19.4 Å². The van der Waals surface area contributed by atoms with Crippen molar-refractivity contribution in [3.8, 4) is 11.1 Å². The Morgan fingerprint density at radius 2 is 1.70 bits per heavy atom. The smallest absolute Gasteiger partial charge is 0.407 e. The van der Waals surface area contributed by atoms with E-state index < -0.39 is 6.09 Å². The molecule has 2 fully saturated rings. The lowest BCUT2D eigenvalue weighted by molar-refractivity contribution is -0.0367. The Labute approximate surface area is 232 Å². The van der Waals surface area contributed by atoms with Gasteiger partial charge in [0.2, 0.25) is 0 Å². The molecule has 206 valence electrons. The van der Waals surface area contributed by atoms with Gasteiger partial charge in [-0.1, -0.05) is 30.3 Å². The zero-order chi connectivity index (χ0) is 27.5. The highest BCUT2D eigenvalue weighted by Crippen LogP contribution is 2.32. The summed E-state index contributed by atoms with van der Waals surface area (Å²) in [7, 11) is 0. The second kappa shape index (κ2) is 11.4. The van der Waals surface area contributed by atoms with Gasteiger partial charge in [-0.25, -0.2) is 9.48 Å². The van der Waals surface area contributed by atoms with Gasteiger partial charge in [-0.15, -0.1) is 0 Å². The number of fused-ring (bicyclic) bond motifs is 1. The van der Waals surface area contributed by atoms with E-state index in [9.17, 15) is 14.7 Å². The lowest BCUT2D eigenvalue weighted by Gasteiger charge is -2.33. The van der Waals surface area contributed by atoms with Gasteiger partial charge in [0.05, 0.1) is 5.52 Å². The molecule has 4 aromatic rings. The molecule has 2 N–H and O–H groups in total. The molecule has 1 unspecified atom stereocenters. The molecule has 2 aliphatic rings. The predicted octanol–water partition coefficient (Wildman–Crippen LogP) is 4.85. The summed E-state index contributed by atoms with van der Waals surface area (Å²) in [4.78, 5) is 32.3. The summed E-state index contributed by atoms with van der Waals surface area (Å²) in [6.07, 6.45) is 5.18. The summed E-state index contributed by atoms with van der Waals surface area (Å²) in [6, 6.07) is 18.0. The number of ether oxygens (including phenoxy) is 1. The van der Waals surface area contributed by atoms with Gasteiger partial charge in [0.1, 0.15) is 0 Å². The van der Waals surface area contributed by atoms with Crippen molar-refractivity contribution in [2.75, 3.05) is 38.1 Å². The maximum absolute atomic E-state index is 13.4. The van der Waals surface area contributed by atoms with Crippen molar-refractivity contribution in [2.45, 2.75) is 32.0 Å². The number of carbonyl (C=O) groups excluding carboxylic acids is 1. The number of carboxylic acid groups (broad SMARTS) is 1. The van der Waals surface area contributed by atoms with E-state index in [2.05, 4.69) is 45.5 Å². The summed E-state index contributed by atoms with van der Waals surface area (Å²) in [6.45, 7) is 3.98. The first kappa shape index (κ1) is 26.0.